The van der Waals surface area contributed by atoms with Crippen molar-refractivity contribution >= 4 is 10.9 Å². The first-order valence-electron chi connectivity index (χ1n) is 6.66. The van der Waals surface area contributed by atoms with Crippen LogP contribution in [-0.4, -0.2) is 19.2 Å². The summed E-state index contributed by atoms with van der Waals surface area (Å²) in [4.78, 5) is 4.42. The van der Waals surface area contributed by atoms with E-state index in [2.05, 4.69) is 24.0 Å². The lowest BCUT2D eigenvalue weighted by atomic mass is 10.00. The zero-order chi connectivity index (χ0) is 14.8. The van der Waals surface area contributed by atoms with E-state index in [0.29, 0.717) is 11.5 Å². The Labute approximate surface area is 124 Å². The molecule has 0 amide bonds. The van der Waals surface area contributed by atoms with Crippen molar-refractivity contribution in [3.63, 3.8) is 0 Å². The molecule has 3 heteroatoms. The molecule has 0 aliphatic carbocycles. The fourth-order valence-electron chi connectivity index (χ4n) is 2.41. The molecule has 0 saturated carbocycles. The number of nitrogens with zero attached hydrogens (tertiary/aromatic N) is 1. The first-order valence-corrected chi connectivity index (χ1v) is 6.66. The van der Waals surface area contributed by atoms with Crippen LogP contribution in [0.1, 0.15) is 5.56 Å². The van der Waals surface area contributed by atoms with Crippen molar-refractivity contribution in [3.05, 3.63) is 61.1 Å². The smallest absolute Gasteiger partial charge is 0.162 e. The number of benzene rings is 2. The largest absolute Gasteiger partial charge is 0.493 e. The number of fused-ring (bicyclic) bond motifs is 1. The maximum absolute atomic E-state index is 5.39. The van der Waals surface area contributed by atoms with Crippen LogP contribution in [0.5, 0.6) is 11.5 Å². The molecule has 3 nitrogen and oxygen atoms in total. The van der Waals surface area contributed by atoms with Gasteiger partial charge in [0.25, 0.3) is 0 Å². The number of pyridine rings is 1. The molecule has 1 aromatic heterocycles. The Morgan fingerprint density at radius 2 is 1.57 bits per heavy atom. The number of rotatable bonds is 3. The molecule has 1 radical (unpaired) electrons. The first kappa shape index (κ1) is 13.4. The van der Waals surface area contributed by atoms with E-state index in [1.807, 2.05) is 36.5 Å². The van der Waals surface area contributed by atoms with Crippen molar-refractivity contribution < 1.29 is 9.47 Å². The van der Waals surface area contributed by atoms with E-state index in [4.69, 9.17) is 9.47 Å². The van der Waals surface area contributed by atoms with Gasteiger partial charge in [0, 0.05) is 17.6 Å². The molecule has 0 aliphatic heterocycles. The molecule has 0 unspecified atom stereocenters. The highest BCUT2D eigenvalue weighted by atomic mass is 16.5. The van der Waals surface area contributed by atoms with Gasteiger partial charge in [-0.1, -0.05) is 24.3 Å². The molecule has 0 spiro atoms. The Bertz CT molecular complexity index is 779. The topological polar surface area (TPSA) is 31.4 Å². The van der Waals surface area contributed by atoms with Crippen LogP contribution in [0, 0.1) is 6.92 Å². The van der Waals surface area contributed by atoms with Crippen LogP contribution in [0.4, 0.5) is 0 Å². The molecule has 21 heavy (non-hydrogen) atoms. The van der Waals surface area contributed by atoms with Gasteiger partial charge < -0.3 is 9.47 Å². The summed E-state index contributed by atoms with van der Waals surface area (Å²) in [5.74, 6) is 1.38. The van der Waals surface area contributed by atoms with Crippen LogP contribution in [0.3, 0.4) is 0 Å². The molecule has 0 bridgehead atoms. The van der Waals surface area contributed by atoms with Crippen molar-refractivity contribution in [2.24, 2.45) is 0 Å². The van der Waals surface area contributed by atoms with E-state index in [9.17, 15) is 0 Å². The van der Waals surface area contributed by atoms with Crippen LogP contribution in [0.2, 0.25) is 0 Å². The van der Waals surface area contributed by atoms with Gasteiger partial charge in [-0.25, -0.2) is 0 Å². The van der Waals surface area contributed by atoms with E-state index >= 15 is 0 Å². The van der Waals surface area contributed by atoms with Crippen molar-refractivity contribution in [3.8, 4) is 22.6 Å². The van der Waals surface area contributed by atoms with Gasteiger partial charge >= 0.3 is 0 Å². The molecule has 0 N–H and O–H groups in total. The Morgan fingerprint density at radius 3 is 2.24 bits per heavy atom. The summed E-state index contributed by atoms with van der Waals surface area (Å²) >= 11 is 0. The van der Waals surface area contributed by atoms with Gasteiger partial charge in [0.2, 0.25) is 0 Å². The molecule has 0 aliphatic rings. The fraction of sp³-hybridized carbons (Fsp3) is 0.111. The zero-order valence-corrected chi connectivity index (χ0v) is 12.1. The molecule has 0 saturated heterocycles. The molecule has 0 fully saturated rings. The van der Waals surface area contributed by atoms with E-state index in [1.165, 1.54) is 0 Å². The Morgan fingerprint density at radius 1 is 0.905 bits per heavy atom. The average Bonchev–Trinajstić information content (AvgIpc) is 2.53. The lowest BCUT2D eigenvalue weighted by Gasteiger charge is -2.11. The predicted molar refractivity (Wildman–Crippen MR) is 84.7 cm³/mol. The van der Waals surface area contributed by atoms with Crippen LogP contribution in [0.15, 0.2) is 48.7 Å². The van der Waals surface area contributed by atoms with Crippen molar-refractivity contribution in [2.45, 2.75) is 0 Å². The van der Waals surface area contributed by atoms with E-state index in [0.717, 1.165) is 27.6 Å². The van der Waals surface area contributed by atoms with Crippen LogP contribution < -0.4 is 9.47 Å². The Hall–Kier alpha value is -2.55. The number of hydrogen-bond donors (Lipinski definition) is 0. The monoisotopic (exact) mass is 278 g/mol. The van der Waals surface area contributed by atoms with Gasteiger partial charge in [-0.05, 0) is 35.7 Å². The minimum atomic E-state index is 0.683. The highest BCUT2D eigenvalue weighted by Crippen LogP contribution is 2.36. The second kappa shape index (κ2) is 5.44. The normalized spacial score (nSPS) is 10.6. The summed E-state index contributed by atoms with van der Waals surface area (Å²) in [5.41, 5.74) is 4.11. The van der Waals surface area contributed by atoms with Gasteiger partial charge in [0.15, 0.2) is 11.5 Å². The van der Waals surface area contributed by atoms with Gasteiger partial charge in [-0.2, -0.15) is 0 Å². The molecule has 3 rings (SSSR count). The predicted octanol–water partition coefficient (Wildman–Crippen LogP) is 4.10. The van der Waals surface area contributed by atoms with Crippen molar-refractivity contribution in [1.29, 1.82) is 0 Å². The van der Waals surface area contributed by atoms with E-state index in [1.54, 1.807) is 14.2 Å². The minimum absolute atomic E-state index is 0.683. The second-order valence-electron chi connectivity index (χ2n) is 4.78. The van der Waals surface area contributed by atoms with Crippen LogP contribution >= 0.6 is 0 Å². The Kier molecular flexibility index (Phi) is 3.48. The van der Waals surface area contributed by atoms with Crippen molar-refractivity contribution in [2.75, 3.05) is 14.2 Å². The maximum Gasteiger partial charge on any atom is 0.162 e. The van der Waals surface area contributed by atoms with Gasteiger partial charge in [-0.3, -0.25) is 4.98 Å². The molecule has 3 aromatic rings. The van der Waals surface area contributed by atoms with Gasteiger partial charge in [-0.15, -0.1) is 0 Å². The quantitative estimate of drug-likeness (QED) is 0.722. The third-order valence-electron chi connectivity index (χ3n) is 3.51. The lowest BCUT2D eigenvalue weighted by molar-refractivity contribution is 0.356. The molecule has 1 heterocycles. The van der Waals surface area contributed by atoms with E-state index < -0.39 is 0 Å². The lowest BCUT2D eigenvalue weighted by Crippen LogP contribution is -1.92. The second-order valence-corrected chi connectivity index (χ2v) is 4.78. The summed E-state index contributed by atoms with van der Waals surface area (Å²) in [7, 11) is 3.26. The van der Waals surface area contributed by atoms with Crippen LogP contribution in [-0.2, 0) is 0 Å². The van der Waals surface area contributed by atoms with Crippen LogP contribution in [0.25, 0.3) is 22.0 Å². The molecule has 0 atom stereocenters. The Balaban J connectivity index is 2.26. The summed E-state index contributed by atoms with van der Waals surface area (Å²) < 4.78 is 10.7. The van der Waals surface area contributed by atoms with Crippen molar-refractivity contribution in [1.82, 2.24) is 4.98 Å². The first-order chi connectivity index (χ1) is 10.2. The third-order valence-corrected chi connectivity index (χ3v) is 3.51. The highest BCUT2D eigenvalue weighted by molar-refractivity contribution is 5.96. The average molecular weight is 278 g/mol. The fourth-order valence-corrected chi connectivity index (χ4v) is 2.41. The summed E-state index contributed by atoms with van der Waals surface area (Å²) in [6.07, 6.45) is 1.81. The molecule has 105 valence electrons. The minimum Gasteiger partial charge on any atom is -0.493 e. The summed E-state index contributed by atoms with van der Waals surface area (Å²) in [6, 6.07) is 14.0. The molecule has 2 aromatic carbocycles. The molecular weight excluding hydrogens is 262 g/mol. The highest BCUT2D eigenvalue weighted by Gasteiger charge is 2.10. The molecular formula is C18H16NO2. The standard InChI is InChI=1S/C18H16NO2/c1-12-4-6-13(7-5-12)14-8-9-19-16-11-18(21-3)17(20-2)10-15(14)16/h4-11H,1H2,2-3H3. The SMILES string of the molecule is [CH2]c1ccc(-c2ccnc3cc(OC)c(OC)cc23)cc1. The van der Waals surface area contributed by atoms with E-state index in [-0.39, 0.29) is 0 Å². The number of hydrogen-bond acceptors (Lipinski definition) is 3. The number of aromatic nitrogens is 1. The number of methoxy groups -OCH3 is 2. The zero-order valence-electron chi connectivity index (χ0n) is 12.1. The third kappa shape index (κ3) is 2.42. The summed E-state index contributed by atoms with van der Waals surface area (Å²) in [5, 5.41) is 1.03. The van der Waals surface area contributed by atoms with Gasteiger partial charge in [0.05, 0.1) is 19.7 Å². The summed E-state index contributed by atoms with van der Waals surface area (Å²) in [6.45, 7) is 3.92. The number of ether oxygens (including phenoxy) is 2. The maximum atomic E-state index is 5.39. The van der Waals surface area contributed by atoms with Gasteiger partial charge in [0.1, 0.15) is 0 Å².